The van der Waals surface area contributed by atoms with Gasteiger partial charge >= 0.3 is 0 Å². The molecule has 1 heterocycles. The van der Waals surface area contributed by atoms with Crippen LogP contribution in [0.3, 0.4) is 0 Å². The molecule has 0 saturated heterocycles. The van der Waals surface area contributed by atoms with E-state index in [-0.39, 0.29) is 35.2 Å². The fourth-order valence-corrected chi connectivity index (χ4v) is 7.78. The number of methoxy groups -OCH3 is 2. The van der Waals surface area contributed by atoms with Gasteiger partial charge < -0.3 is 19.3 Å². The predicted molar refractivity (Wildman–Crippen MR) is 155 cm³/mol. The number of para-hydroxylation sites is 1. The lowest BCUT2D eigenvalue weighted by Crippen LogP contribution is -2.50. The highest BCUT2D eigenvalue weighted by Gasteiger charge is 2.39. The number of likely N-dealkylation sites (N-methyl/N-ethyl adjacent to an activating group) is 1. The highest BCUT2D eigenvalue weighted by Crippen LogP contribution is 2.39. The lowest BCUT2D eigenvalue weighted by atomic mass is 10.0. The number of ether oxygens (including phenoxy) is 3. The molecule has 222 valence electrons. The van der Waals surface area contributed by atoms with Crippen molar-refractivity contribution in [2.45, 2.75) is 35.8 Å². The zero-order valence-corrected chi connectivity index (χ0v) is 25.4. The molecule has 10 nitrogen and oxygen atoms in total. The van der Waals surface area contributed by atoms with Crippen LogP contribution in [0.25, 0.3) is 11.1 Å². The number of rotatable bonds is 9. The lowest BCUT2D eigenvalue weighted by molar-refractivity contribution is 0.0905. The van der Waals surface area contributed by atoms with Gasteiger partial charge in [-0.15, -0.1) is 0 Å². The minimum atomic E-state index is -4.06. The SMILES string of the molecule is COc1ccc(S(=O)(=O)N(C)C[C@@H]2Oc3cc(-c4ccccc4OC)ccc3S(=O)(=O)N([C@@H](C)CO)C[C@H]2C)cc1. The summed E-state index contributed by atoms with van der Waals surface area (Å²) in [5, 5.41) is 9.90. The van der Waals surface area contributed by atoms with Crippen molar-refractivity contribution in [1.29, 1.82) is 0 Å². The van der Waals surface area contributed by atoms with E-state index in [0.29, 0.717) is 17.1 Å². The molecule has 1 aliphatic rings. The van der Waals surface area contributed by atoms with Crippen molar-refractivity contribution in [3.63, 3.8) is 0 Å². The van der Waals surface area contributed by atoms with Crippen molar-refractivity contribution in [2.75, 3.05) is 41.0 Å². The normalized spacial score (nSPS) is 19.9. The second kappa shape index (κ2) is 12.4. The Morgan fingerprint density at radius 3 is 2.39 bits per heavy atom. The van der Waals surface area contributed by atoms with E-state index in [1.54, 1.807) is 51.3 Å². The molecule has 0 aliphatic carbocycles. The van der Waals surface area contributed by atoms with Gasteiger partial charge in [0, 0.05) is 31.1 Å². The van der Waals surface area contributed by atoms with Gasteiger partial charge in [0.15, 0.2) is 0 Å². The van der Waals surface area contributed by atoms with E-state index in [1.807, 2.05) is 18.2 Å². The molecule has 0 saturated carbocycles. The van der Waals surface area contributed by atoms with Crippen LogP contribution in [-0.2, 0) is 20.0 Å². The van der Waals surface area contributed by atoms with E-state index in [0.717, 1.165) is 5.56 Å². The van der Waals surface area contributed by atoms with Crippen LogP contribution in [-0.4, -0.2) is 83.7 Å². The number of hydrogen-bond donors (Lipinski definition) is 1. The summed E-state index contributed by atoms with van der Waals surface area (Å²) in [6, 6.07) is 17.5. The van der Waals surface area contributed by atoms with Gasteiger partial charge in [-0.1, -0.05) is 31.2 Å². The number of benzene rings is 3. The van der Waals surface area contributed by atoms with E-state index < -0.39 is 38.1 Å². The smallest absolute Gasteiger partial charge is 0.247 e. The van der Waals surface area contributed by atoms with Crippen molar-refractivity contribution in [2.24, 2.45) is 5.92 Å². The van der Waals surface area contributed by atoms with Gasteiger partial charge in [-0.25, -0.2) is 16.8 Å². The van der Waals surface area contributed by atoms with Crippen LogP contribution >= 0.6 is 0 Å². The molecular formula is C29H36N2O8S2. The average Bonchev–Trinajstić information content (AvgIpc) is 2.98. The van der Waals surface area contributed by atoms with Crippen LogP contribution in [0.4, 0.5) is 0 Å². The zero-order valence-electron chi connectivity index (χ0n) is 23.7. The van der Waals surface area contributed by atoms with Gasteiger partial charge in [0.25, 0.3) is 0 Å². The second-order valence-corrected chi connectivity index (χ2v) is 14.0. The van der Waals surface area contributed by atoms with Crippen LogP contribution < -0.4 is 14.2 Å². The molecule has 12 heteroatoms. The Morgan fingerprint density at radius 2 is 1.76 bits per heavy atom. The fourth-order valence-electron chi connectivity index (χ4n) is 4.77. The van der Waals surface area contributed by atoms with Crippen molar-refractivity contribution in [3.05, 3.63) is 66.7 Å². The third kappa shape index (κ3) is 6.21. The molecule has 0 spiro atoms. The van der Waals surface area contributed by atoms with Gasteiger partial charge in [-0.05, 0) is 55.0 Å². The summed E-state index contributed by atoms with van der Waals surface area (Å²) in [5.74, 6) is 0.794. The molecule has 0 unspecified atom stereocenters. The van der Waals surface area contributed by atoms with Crippen LogP contribution in [0.2, 0.25) is 0 Å². The molecule has 1 aliphatic heterocycles. The maximum atomic E-state index is 13.8. The largest absolute Gasteiger partial charge is 0.497 e. The molecule has 0 fully saturated rings. The van der Waals surface area contributed by atoms with Crippen molar-refractivity contribution < 1.29 is 36.2 Å². The van der Waals surface area contributed by atoms with E-state index in [2.05, 4.69) is 0 Å². The topological polar surface area (TPSA) is 123 Å². The Morgan fingerprint density at radius 1 is 1.07 bits per heavy atom. The van der Waals surface area contributed by atoms with E-state index in [4.69, 9.17) is 14.2 Å². The Labute approximate surface area is 242 Å². The highest BCUT2D eigenvalue weighted by molar-refractivity contribution is 7.89. The second-order valence-electron chi connectivity index (χ2n) is 10.1. The minimum Gasteiger partial charge on any atom is -0.497 e. The molecule has 0 bridgehead atoms. The molecule has 0 aromatic heterocycles. The van der Waals surface area contributed by atoms with E-state index in [9.17, 15) is 21.9 Å². The number of aliphatic hydroxyl groups excluding tert-OH is 1. The quantitative estimate of drug-likeness (QED) is 0.394. The van der Waals surface area contributed by atoms with Crippen LogP contribution in [0.15, 0.2) is 76.5 Å². The maximum absolute atomic E-state index is 13.8. The molecule has 0 amide bonds. The molecule has 0 radical (unpaired) electrons. The molecule has 3 aromatic carbocycles. The number of nitrogens with zero attached hydrogens (tertiary/aromatic N) is 2. The summed E-state index contributed by atoms with van der Waals surface area (Å²) < 4.78 is 74.0. The highest BCUT2D eigenvalue weighted by atomic mass is 32.2. The number of aliphatic hydroxyl groups is 1. The van der Waals surface area contributed by atoms with Gasteiger partial charge in [-0.2, -0.15) is 8.61 Å². The molecular weight excluding hydrogens is 568 g/mol. The first kappa shape index (κ1) is 30.8. The average molecular weight is 605 g/mol. The number of hydrogen-bond acceptors (Lipinski definition) is 8. The Kier molecular flexibility index (Phi) is 9.29. The summed E-state index contributed by atoms with van der Waals surface area (Å²) in [6.45, 7) is 3.04. The number of fused-ring (bicyclic) bond motifs is 1. The molecule has 3 atom stereocenters. The van der Waals surface area contributed by atoms with Gasteiger partial charge in [0.2, 0.25) is 20.0 Å². The van der Waals surface area contributed by atoms with Crippen molar-refractivity contribution in [1.82, 2.24) is 8.61 Å². The first-order chi connectivity index (χ1) is 19.4. The third-order valence-electron chi connectivity index (χ3n) is 7.29. The Balaban J connectivity index is 1.77. The first-order valence-corrected chi connectivity index (χ1v) is 16.0. The molecule has 4 rings (SSSR count). The monoisotopic (exact) mass is 604 g/mol. The minimum absolute atomic E-state index is 0.0266. The standard InChI is InChI=1S/C29H36N2O8S2/c1-20-17-31(21(2)19-32)41(35,36)29-15-10-22(25-8-6-7-9-26(25)38-5)16-27(29)39-28(20)18-30(3)40(33,34)24-13-11-23(37-4)12-14-24/h6-16,20-21,28,32H,17-19H2,1-5H3/t20-,21+,28+/m1/s1. The zero-order chi connectivity index (χ0) is 29.9. The maximum Gasteiger partial charge on any atom is 0.247 e. The summed E-state index contributed by atoms with van der Waals surface area (Å²) in [4.78, 5) is 0.0327. The Hall–Kier alpha value is -3.16. The van der Waals surface area contributed by atoms with Crippen LogP contribution in [0.1, 0.15) is 13.8 Å². The molecule has 1 N–H and O–H groups in total. The molecule has 3 aromatic rings. The predicted octanol–water partition coefficient (Wildman–Crippen LogP) is 3.46. The van der Waals surface area contributed by atoms with Crippen molar-refractivity contribution >= 4 is 20.0 Å². The molecule has 41 heavy (non-hydrogen) atoms. The third-order valence-corrected chi connectivity index (χ3v) is 11.1. The Bertz CT molecular complexity index is 1580. The van der Waals surface area contributed by atoms with Gasteiger partial charge in [0.1, 0.15) is 28.2 Å². The summed E-state index contributed by atoms with van der Waals surface area (Å²) in [5.41, 5.74) is 1.41. The van der Waals surface area contributed by atoms with E-state index >= 15 is 0 Å². The fraction of sp³-hybridized carbons (Fsp3) is 0.379. The van der Waals surface area contributed by atoms with Gasteiger partial charge in [0.05, 0.1) is 32.3 Å². The summed E-state index contributed by atoms with van der Waals surface area (Å²) >= 11 is 0. The van der Waals surface area contributed by atoms with Crippen molar-refractivity contribution in [3.8, 4) is 28.4 Å². The van der Waals surface area contributed by atoms with Crippen LogP contribution in [0, 0.1) is 5.92 Å². The summed E-state index contributed by atoms with van der Waals surface area (Å²) in [6.07, 6.45) is -0.719. The lowest BCUT2D eigenvalue weighted by Gasteiger charge is -2.37. The first-order valence-electron chi connectivity index (χ1n) is 13.1. The van der Waals surface area contributed by atoms with E-state index in [1.165, 1.54) is 41.0 Å². The van der Waals surface area contributed by atoms with Gasteiger partial charge in [-0.3, -0.25) is 0 Å². The summed E-state index contributed by atoms with van der Waals surface area (Å²) in [7, 11) is -3.43. The number of sulfonamides is 2. The van der Waals surface area contributed by atoms with Crippen LogP contribution in [0.5, 0.6) is 17.2 Å².